The summed E-state index contributed by atoms with van der Waals surface area (Å²) in [4.78, 5) is 14.2. The van der Waals surface area contributed by atoms with Crippen LogP contribution in [-0.2, 0) is 16.4 Å². The van der Waals surface area contributed by atoms with Gasteiger partial charge in [-0.1, -0.05) is 6.07 Å². The normalized spacial score (nSPS) is 14.0. The molecule has 0 aliphatic carbocycles. The molecule has 7 nitrogen and oxygen atoms in total. The maximum absolute atomic E-state index is 12.6. The number of benzene rings is 1. The third kappa shape index (κ3) is 2.23. The van der Waals surface area contributed by atoms with E-state index in [9.17, 15) is 18.5 Å². The zero-order chi connectivity index (χ0) is 15.0. The predicted molar refractivity (Wildman–Crippen MR) is 75.6 cm³/mol. The van der Waals surface area contributed by atoms with Gasteiger partial charge in [0, 0.05) is 24.9 Å². The fourth-order valence-electron chi connectivity index (χ4n) is 2.28. The van der Waals surface area contributed by atoms with Gasteiger partial charge in [-0.05, 0) is 30.2 Å². The summed E-state index contributed by atoms with van der Waals surface area (Å²) >= 11 is 0. The monoisotopic (exact) mass is 305 g/mol. The maximum atomic E-state index is 12.6. The fourth-order valence-corrected chi connectivity index (χ4v) is 3.74. The Morgan fingerprint density at radius 1 is 1.19 bits per heavy atom. The number of fused-ring (bicyclic) bond motifs is 1. The first-order valence-electron chi connectivity index (χ1n) is 6.21. The minimum Gasteiger partial charge on any atom is -0.258 e. The molecule has 1 aromatic carbocycles. The molecule has 1 aliphatic heterocycles. The van der Waals surface area contributed by atoms with E-state index in [0.717, 1.165) is 5.56 Å². The number of nitro groups is 1. The van der Waals surface area contributed by atoms with Crippen LogP contribution in [0.15, 0.2) is 47.5 Å². The van der Waals surface area contributed by atoms with Gasteiger partial charge in [0.1, 0.15) is 5.82 Å². The van der Waals surface area contributed by atoms with Gasteiger partial charge in [0.2, 0.25) is 0 Å². The molecule has 3 rings (SSSR count). The smallest absolute Gasteiger partial charge is 0.258 e. The Kier molecular flexibility index (Phi) is 3.09. The molecule has 0 atom stereocenters. The Balaban J connectivity index is 2.00. The number of nitro benzene ring substituents is 1. The van der Waals surface area contributed by atoms with Gasteiger partial charge in [0.15, 0.2) is 0 Å². The van der Waals surface area contributed by atoms with Crippen LogP contribution in [0.3, 0.4) is 0 Å². The molecule has 0 amide bonds. The highest BCUT2D eigenvalue weighted by molar-refractivity contribution is 7.92. The van der Waals surface area contributed by atoms with E-state index in [1.54, 1.807) is 12.3 Å². The number of non-ortho nitro benzene ring substituents is 1. The van der Waals surface area contributed by atoms with Gasteiger partial charge in [-0.2, -0.15) is 0 Å². The molecule has 0 saturated heterocycles. The van der Waals surface area contributed by atoms with Gasteiger partial charge in [0.05, 0.1) is 9.82 Å². The number of hydrogen-bond donors (Lipinski definition) is 0. The molecule has 108 valence electrons. The number of anilines is 1. The average Bonchev–Trinajstić information content (AvgIpc) is 2.92. The zero-order valence-electron chi connectivity index (χ0n) is 10.8. The van der Waals surface area contributed by atoms with Crippen molar-refractivity contribution in [3.8, 4) is 0 Å². The average molecular weight is 305 g/mol. The second kappa shape index (κ2) is 4.81. The molecular formula is C13H11N3O4S. The molecule has 8 heteroatoms. The van der Waals surface area contributed by atoms with E-state index < -0.39 is 14.9 Å². The molecule has 1 aromatic heterocycles. The van der Waals surface area contributed by atoms with Crippen LogP contribution in [0.1, 0.15) is 5.56 Å². The summed E-state index contributed by atoms with van der Waals surface area (Å²) in [6.07, 6.45) is 2.15. The van der Waals surface area contributed by atoms with E-state index in [4.69, 9.17) is 0 Å². The fraction of sp³-hybridized carbons (Fsp3) is 0.154. The molecule has 21 heavy (non-hydrogen) atoms. The van der Waals surface area contributed by atoms with Crippen molar-refractivity contribution in [2.24, 2.45) is 0 Å². The molecule has 2 heterocycles. The number of hydrogen-bond acceptors (Lipinski definition) is 5. The van der Waals surface area contributed by atoms with Crippen LogP contribution in [0.25, 0.3) is 0 Å². The molecule has 0 saturated carbocycles. The van der Waals surface area contributed by atoms with Crippen LogP contribution in [0, 0.1) is 10.1 Å². The third-order valence-corrected chi connectivity index (χ3v) is 5.13. The molecule has 0 unspecified atom stereocenters. The highest BCUT2D eigenvalue weighted by Crippen LogP contribution is 2.31. The first-order valence-corrected chi connectivity index (χ1v) is 7.65. The van der Waals surface area contributed by atoms with Gasteiger partial charge in [-0.15, -0.1) is 0 Å². The summed E-state index contributed by atoms with van der Waals surface area (Å²) in [6.45, 7) is 0.325. The second-order valence-electron chi connectivity index (χ2n) is 4.56. The van der Waals surface area contributed by atoms with E-state index in [0.29, 0.717) is 18.8 Å². The summed E-state index contributed by atoms with van der Waals surface area (Å²) in [5.74, 6) is 0.427. The predicted octanol–water partition coefficient (Wildman–Crippen LogP) is 1.74. The largest absolute Gasteiger partial charge is 0.269 e. The van der Waals surface area contributed by atoms with Crippen LogP contribution in [0.5, 0.6) is 0 Å². The van der Waals surface area contributed by atoms with E-state index in [1.807, 2.05) is 6.07 Å². The Morgan fingerprint density at radius 3 is 2.57 bits per heavy atom. The van der Waals surface area contributed by atoms with Crippen molar-refractivity contribution >= 4 is 21.5 Å². The summed E-state index contributed by atoms with van der Waals surface area (Å²) in [6, 6.07) is 8.46. The maximum Gasteiger partial charge on any atom is 0.269 e. The molecule has 1 aliphatic rings. The van der Waals surface area contributed by atoms with Crippen molar-refractivity contribution in [2.75, 3.05) is 10.8 Å². The van der Waals surface area contributed by atoms with Crippen molar-refractivity contribution in [2.45, 2.75) is 11.3 Å². The van der Waals surface area contributed by atoms with Crippen LogP contribution in [0.4, 0.5) is 11.5 Å². The Morgan fingerprint density at radius 2 is 1.90 bits per heavy atom. The molecular weight excluding hydrogens is 294 g/mol. The van der Waals surface area contributed by atoms with Crippen LogP contribution in [-0.4, -0.2) is 24.9 Å². The highest BCUT2D eigenvalue weighted by atomic mass is 32.2. The summed E-state index contributed by atoms with van der Waals surface area (Å²) in [5, 5.41) is 10.6. The van der Waals surface area contributed by atoms with Crippen molar-refractivity contribution in [1.29, 1.82) is 0 Å². The first-order chi connectivity index (χ1) is 10.00. The van der Waals surface area contributed by atoms with Crippen LogP contribution >= 0.6 is 0 Å². The minimum atomic E-state index is -3.75. The molecule has 0 radical (unpaired) electrons. The molecule has 0 bridgehead atoms. The molecule has 2 aromatic rings. The summed E-state index contributed by atoms with van der Waals surface area (Å²) < 4.78 is 26.4. The van der Waals surface area contributed by atoms with E-state index in [-0.39, 0.29) is 10.6 Å². The number of nitrogens with zero attached hydrogens (tertiary/aromatic N) is 3. The van der Waals surface area contributed by atoms with E-state index in [2.05, 4.69) is 4.98 Å². The van der Waals surface area contributed by atoms with Gasteiger partial charge in [-0.25, -0.2) is 17.7 Å². The minimum absolute atomic E-state index is 0.0200. The third-order valence-electron chi connectivity index (χ3n) is 3.32. The van der Waals surface area contributed by atoms with Gasteiger partial charge in [-0.3, -0.25) is 10.1 Å². The lowest BCUT2D eigenvalue weighted by molar-refractivity contribution is -0.384. The Bertz CT molecular complexity index is 802. The SMILES string of the molecule is O=[N+]([O-])c1ccc(S(=O)(=O)N2CCc3cccnc32)cc1. The standard InChI is InChI=1S/C13H11N3O4S/c17-16(18)11-3-5-12(6-4-11)21(19,20)15-9-7-10-2-1-8-14-13(10)15/h1-6,8H,7,9H2. The quantitative estimate of drug-likeness (QED) is 0.636. The van der Waals surface area contributed by atoms with Crippen molar-refractivity contribution in [1.82, 2.24) is 4.98 Å². The zero-order valence-corrected chi connectivity index (χ0v) is 11.7. The topological polar surface area (TPSA) is 93.4 Å². The van der Waals surface area contributed by atoms with Gasteiger partial charge in [0.25, 0.3) is 15.7 Å². The van der Waals surface area contributed by atoms with Crippen LogP contribution < -0.4 is 4.31 Å². The lowest BCUT2D eigenvalue weighted by Crippen LogP contribution is -2.29. The molecule has 0 N–H and O–H groups in total. The van der Waals surface area contributed by atoms with Crippen LogP contribution in [0.2, 0.25) is 0 Å². The molecule has 0 spiro atoms. The molecule has 0 fully saturated rings. The van der Waals surface area contributed by atoms with Gasteiger partial charge < -0.3 is 0 Å². The number of aromatic nitrogens is 1. The summed E-state index contributed by atoms with van der Waals surface area (Å²) in [5.41, 5.74) is 0.733. The van der Waals surface area contributed by atoms with Gasteiger partial charge >= 0.3 is 0 Å². The van der Waals surface area contributed by atoms with Crippen molar-refractivity contribution < 1.29 is 13.3 Å². The number of rotatable bonds is 3. The summed E-state index contributed by atoms with van der Waals surface area (Å²) in [7, 11) is -3.75. The number of pyridine rings is 1. The number of sulfonamides is 1. The van der Waals surface area contributed by atoms with E-state index >= 15 is 0 Å². The first kappa shape index (κ1) is 13.5. The Hall–Kier alpha value is -2.48. The van der Waals surface area contributed by atoms with Crippen molar-refractivity contribution in [3.05, 3.63) is 58.3 Å². The lowest BCUT2D eigenvalue weighted by atomic mass is 10.2. The lowest BCUT2D eigenvalue weighted by Gasteiger charge is -2.18. The Labute approximate surface area is 121 Å². The second-order valence-corrected chi connectivity index (χ2v) is 6.43. The highest BCUT2D eigenvalue weighted by Gasteiger charge is 2.31. The van der Waals surface area contributed by atoms with E-state index in [1.165, 1.54) is 28.6 Å². The van der Waals surface area contributed by atoms with Crippen molar-refractivity contribution in [3.63, 3.8) is 0 Å².